The topological polar surface area (TPSA) is 75.1 Å². The molecular weight excluding hydrogens is 286 g/mol. The summed E-state index contributed by atoms with van der Waals surface area (Å²) in [5, 5.41) is 16.3. The number of halogens is 1. The third kappa shape index (κ3) is 3.21. The number of carbonyl (C=O) groups excluding carboxylic acids is 1. The van der Waals surface area contributed by atoms with Gasteiger partial charge in [-0.2, -0.15) is 0 Å². The predicted octanol–water partition coefficient (Wildman–Crippen LogP) is 3.10. The van der Waals surface area contributed by atoms with Gasteiger partial charge in [0.1, 0.15) is 10.6 Å². The number of nitrogens with one attached hydrogen (secondary N) is 1. The molecule has 2 rings (SSSR count). The van der Waals surface area contributed by atoms with Crippen molar-refractivity contribution >= 4 is 34.7 Å². The molecule has 0 saturated carbocycles. The Kier molecular flexibility index (Phi) is 4.34. The summed E-state index contributed by atoms with van der Waals surface area (Å²) in [6.45, 7) is 2.01. The van der Waals surface area contributed by atoms with Crippen LogP contribution in [0.2, 0.25) is 5.02 Å². The quantitative estimate of drug-likeness (QED) is 0.909. The first kappa shape index (κ1) is 13.8. The summed E-state index contributed by atoms with van der Waals surface area (Å²) in [4.78, 5) is 12.6. The fourth-order valence-electron chi connectivity index (χ4n) is 1.56. The fourth-order valence-corrected chi connectivity index (χ4v) is 2.28. The van der Waals surface area contributed by atoms with E-state index >= 15 is 0 Å². The summed E-state index contributed by atoms with van der Waals surface area (Å²) in [6.07, 6.45) is 1.61. The first-order valence-corrected chi connectivity index (χ1v) is 6.88. The van der Waals surface area contributed by atoms with Crippen LogP contribution >= 0.6 is 23.1 Å². The molecule has 0 radical (unpaired) electrons. The smallest absolute Gasteiger partial charge is 0.269 e. The van der Waals surface area contributed by atoms with Crippen LogP contribution in [-0.4, -0.2) is 20.6 Å². The zero-order chi connectivity index (χ0) is 13.8. The average Bonchev–Trinajstić information content (AvgIpc) is 2.83. The summed E-state index contributed by atoms with van der Waals surface area (Å²) in [5.41, 5.74) is 1.17. The van der Waals surface area contributed by atoms with Crippen molar-refractivity contribution < 1.29 is 9.90 Å². The Morgan fingerprint density at radius 1 is 1.53 bits per heavy atom. The van der Waals surface area contributed by atoms with Crippen LogP contribution in [0.25, 0.3) is 0 Å². The number of amides is 1. The monoisotopic (exact) mass is 297 g/mol. The van der Waals surface area contributed by atoms with Crippen LogP contribution in [0.15, 0.2) is 18.2 Å². The van der Waals surface area contributed by atoms with E-state index in [1.165, 1.54) is 12.1 Å². The number of aromatic nitrogens is 2. The van der Waals surface area contributed by atoms with Gasteiger partial charge in [-0.3, -0.25) is 4.79 Å². The van der Waals surface area contributed by atoms with Gasteiger partial charge in [-0.25, -0.2) is 0 Å². The van der Waals surface area contributed by atoms with Crippen LogP contribution < -0.4 is 5.32 Å². The molecule has 100 valence electrons. The van der Waals surface area contributed by atoms with E-state index in [-0.39, 0.29) is 16.7 Å². The zero-order valence-corrected chi connectivity index (χ0v) is 11.8. The van der Waals surface area contributed by atoms with Crippen LogP contribution in [0, 0.1) is 0 Å². The van der Waals surface area contributed by atoms with Gasteiger partial charge in [0.2, 0.25) is 0 Å². The van der Waals surface area contributed by atoms with Crippen LogP contribution in [0.5, 0.6) is 5.75 Å². The highest BCUT2D eigenvalue weighted by Gasteiger charge is 2.16. The van der Waals surface area contributed by atoms with Crippen LogP contribution in [0.1, 0.15) is 28.7 Å². The summed E-state index contributed by atoms with van der Waals surface area (Å²) in [5.74, 6) is -0.351. The number of phenols is 1. The normalized spacial score (nSPS) is 10.4. The third-order valence-electron chi connectivity index (χ3n) is 2.45. The maximum atomic E-state index is 12.1. The summed E-state index contributed by atoms with van der Waals surface area (Å²) in [6, 6.07) is 4.53. The van der Waals surface area contributed by atoms with Gasteiger partial charge in [-0.1, -0.05) is 29.4 Å². The number of aryl methyl sites for hydroxylation is 1. The lowest BCUT2D eigenvalue weighted by atomic mass is 10.2. The number of anilines is 1. The van der Waals surface area contributed by atoms with E-state index in [0.717, 1.165) is 18.0 Å². The first-order valence-electron chi connectivity index (χ1n) is 5.73. The molecule has 0 saturated heterocycles. The number of aromatic hydroxyl groups is 1. The van der Waals surface area contributed by atoms with E-state index in [1.54, 1.807) is 6.07 Å². The molecule has 0 fully saturated rings. The molecule has 0 atom stereocenters. The van der Waals surface area contributed by atoms with Crippen molar-refractivity contribution in [2.45, 2.75) is 19.8 Å². The highest BCUT2D eigenvalue weighted by molar-refractivity contribution is 7.08. The molecule has 1 amide bonds. The minimum absolute atomic E-state index is 0.0734. The molecule has 0 spiro atoms. The number of benzene rings is 1. The van der Waals surface area contributed by atoms with Gasteiger partial charge < -0.3 is 10.4 Å². The van der Waals surface area contributed by atoms with Crippen molar-refractivity contribution in [1.29, 1.82) is 0 Å². The van der Waals surface area contributed by atoms with Crippen LogP contribution in [-0.2, 0) is 6.42 Å². The highest BCUT2D eigenvalue weighted by atomic mass is 35.5. The fraction of sp³-hybridized carbons (Fsp3) is 0.250. The maximum absolute atomic E-state index is 12.1. The Hall–Kier alpha value is -1.66. The molecule has 1 aromatic carbocycles. The number of hydrogen-bond donors (Lipinski definition) is 2. The Labute approximate surface area is 119 Å². The van der Waals surface area contributed by atoms with Gasteiger partial charge in [-0.05, 0) is 30.1 Å². The number of rotatable bonds is 4. The van der Waals surface area contributed by atoms with Gasteiger partial charge in [0.05, 0.1) is 10.7 Å². The van der Waals surface area contributed by atoms with Crippen molar-refractivity contribution in [2.24, 2.45) is 0 Å². The lowest BCUT2D eigenvalue weighted by Crippen LogP contribution is -2.12. The molecule has 0 bridgehead atoms. The molecule has 0 aliphatic rings. The average molecular weight is 298 g/mol. The molecule has 7 heteroatoms. The van der Waals surface area contributed by atoms with E-state index in [1.807, 2.05) is 6.92 Å². The minimum atomic E-state index is -0.278. The first-order chi connectivity index (χ1) is 9.11. The molecule has 2 aromatic rings. The number of carbonyl (C=O) groups is 1. The van der Waals surface area contributed by atoms with Crippen molar-refractivity contribution in [3.8, 4) is 5.75 Å². The van der Waals surface area contributed by atoms with Crippen molar-refractivity contribution in [2.75, 3.05) is 5.32 Å². The van der Waals surface area contributed by atoms with Gasteiger partial charge in [0.15, 0.2) is 0 Å². The molecule has 0 aliphatic carbocycles. The number of hydrogen-bond acceptors (Lipinski definition) is 5. The lowest BCUT2D eigenvalue weighted by Gasteiger charge is -2.05. The van der Waals surface area contributed by atoms with Gasteiger partial charge in [0, 0.05) is 11.8 Å². The second kappa shape index (κ2) is 5.99. The zero-order valence-electron chi connectivity index (χ0n) is 10.2. The van der Waals surface area contributed by atoms with E-state index in [0.29, 0.717) is 22.7 Å². The molecule has 2 N–H and O–H groups in total. The second-order valence-electron chi connectivity index (χ2n) is 3.92. The van der Waals surface area contributed by atoms with E-state index < -0.39 is 0 Å². The van der Waals surface area contributed by atoms with Gasteiger partial charge in [-0.15, -0.1) is 5.10 Å². The molecule has 0 aliphatic heterocycles. The second-order valence-corrected chi connectivity index (χ2v) is 5.08. The van der Waals surface area contributed by atoms with Gasteiger partial charge >= 0.3 is 0 Å². The largest absolute Gasteiger partial charge is 0.506 e. The summed E-state index contributed by atoms with van der Waals surface area (Å²) < 4.78 is 3.80. The number of phenolic OH excluding ortho intramolecular Hbond substituents is 1. The maximum Gasteiger partial charge on any atom is 0.269 e. The van der Waals surface area contributed by atoms with E-state index in [9.17, 15) is 9.90 Å². The summed E-state index contributed by atoms with van der Waals surface area (Å²) in [7, 11) is 0. The van der Waals surface area contributed by atoms with E-state index in [2.05, 4.69) is 14.9 Å². The van der Waals surface area contributed by atoms with Crippen molar-refractivity contribution in [3.05, 3.63) is 33.8 Å². The summed E-state index contributed by atoms with van der Waals surface area (Å²) >= 11 is 6.77. The molecule has 1 aromatic heterocycles. The van der Waals surface area contributed by atoms with Crippen LogP contribution in [0.3, 0.4) is 0 Å². The molecule has 19 heavy (non-hydrogen) atoms. The third-order valence-corrected chi connectivity index (χ3v) is 3.54. The Morgan fingerprint density at radius 3 is 3.00 bits per heavy atom. The van der Waals surface area contributed by atoms with Crippen molar-refractivity contribution in [1.82, 2.24) is 9.59 Å². The number of nitrogens with zero attached hydrogens (tertiary/aromatic N) is 2. The Balaban J connectivity index is 2.16. The van der Waals surface area contributed by atoms with Gasteiger partial charge in [0.25, 0.3) is 5.91 Å². The molecule has 0 unspecified atom stereocenters. The van der Waals surface area contributed by atoms with Crippen molar-refractivity contribution in [3.63, 3.8) is 0 Å². The molecule has 5 nitrogen and oxygen atoms in total. The predicted molar refractivity (Wildman–Crippen MR) is 75.0 cm³/mol. The van der Waals surface area contributed by atoms with Crippen LogP contribution in [0.4, 0.5) is 5.69 Å². The molecule has 1 heterocycles. The standard InChI is InChI=1S/C12H12ClN3O2S/c1-2-3-9-11(19-16-15-9)12(18)14-7-4-5-8(13)10(17)6-7/h4-6,17H,2-3H2,1H3,(H,14,18). The van der Waals surface area contributed by atoms with E-state index in [4.69, 9.17) is 11.6 Å². The minimum Gasteiger partial charge on any atom is -0.506 e. The lowest BCUT2D eigenvalue weighted by molar-refractivity contribution is 0.102. The highest BCUT2D eigenvalue weighted by Crippen LogP contribution is 2.26. The SMILES string of the molecule is CCCc1nnsc1C(=O)Nc1ccc(Cl)c(O)c1. The Morgan fingerprint density at radius 2 is 2.32 bits per heavy atom. The molecular formula is C12H12ClN3O2S. The Bertz CT molecular complexity index is 600.